The molecular weight excluding hydrogens is 306 g/mol. The van der Waals surface area contributed by atoms with Crippen LogP contribution in [0.1, 0.15) is 27.7 Å². The van der Waals surface area contributed by atoms with Gasteiger partial charge in [-0.25, -0.2) is 4.79 Å². The molecule has 0 atom stereocenters. The number of benzene rings is 1. The fourth-order valence-corrected chi connectivity index (χ4v) is 1.52. The minimum Gasteiger partial charge on any atom is -0.444 e. The molecule has 0 saturated heterocycles. The van der Waals surface area contributed by atoms with Gasteiger partial charge in [0, 0.05) is 46.8 Å². The van der Waals surface area contributed by atoms with Crippen molar-refractivity contribution in [2.45, 2.75) is 33.3 Å². The van der Waals surface area contributed by atoms with E-state index in [1.54, 1.807) is 27.8 Å². The molecule has 0 fully saturated rings. The molecule has 0 aromatic heterocycles. The van der Waals surface area contributed by atoms with E-state index in [1.165, 1.54) is 17.5 Å². The van der Waals surface area contributed by atoms with Gasteiger partial charge < -0.3 is 19.9 Å². The van der Waals surface area contributed by atoms with E-state index >= 15 is 0 Å². The maximum atomic E-state index is 11.2. The summed E-state index contributed by atoms with van der Waals surface area (Å²) >= 11 is 0. The van der Waals surface area contributed by atoms with Gasteiger partial charge in [0.05, 0.1) is 0 Å². The van der Waals surface area contributed by atoms with Crippen molar-refractivity contribution in [1.82, 2.24) is 10.2 Å². The first-order valence-corrected chi connectivity index (χ1v) is 7.94. The Labute approximate surface area is 145 Å². The third-order valence-corrected chi connectivity index (χ3v) is 2.93. The summed E-state index contributed by atoms with van der Waals surface area (Å²) in [6.07, 6.45) is -0.459. The van der Waals surface area contributed by atoms with Gasteiger partial charge in [-0.15, -0.1) is 0 Å². The Morgan fingerprint density at radius 2 is 1.62 bits per heavy atom. The van der Waals surface area contributed by atoms with Crippen LogP contribution in [0.5, 0.6) is 0 Å². The summed E-state index contributed by atoms with van der Waals surface area (Å²) in [6, 6.07) is 10.3. The van der Waals surface area contributed by atoms with Gasteiger partial charge >= 0.3 is 6.09 Å². The molecule has 0 aliphatic heterocycles. The Kier molecular flexibility index (Phi) is 9.54. The SMILES string of the molecule is CC(=O)N(C)CCNC(=O)OC(C)(C)C.CN(C)c1ccccc1. The zero-order chi connectivity index (χ0) is 18.8. The van der Waals surface area contributed by atoms with E-state index in [1.807, 2.05) is 32.3 Å². The average molecular weight is 337 g/mol. The van der Waals surface area contributed by atoms with Crippen molar-refractivity contribution in [2.24, 2.45) is 0 Å². The fourth-order valence-electron chi connectivity index (χ4n) is 1.52. The molecule has 1 aromatic carbocycles. The number of anilines is 1. The molecule has 0 aliphatic rings. The molecule has 0 heterocycles. The van der Waals surface area contributed by atoms with Gasteiger partial charge in [-0.3, -0.25) is 4.79 Å². The van der Waals surface area contributed by atoms with Crippen molar-refractivity contribution in [3.8, 4) is 0 Å². The Bertz CT molecular complexity index is 496. The molecule has 136 valence electrons. The second kappa shape index (κ2) is 10.5. The maximum absolute atomic E-state index is 11.2. The molecule has 1 rings (SSSR count). The van der Waals surface area contributed by atoms with E-state index < -0.39 is 11.7 Å². The number of rotatable bonds is 4. The highest BCUT2D eigenvalue weighted by Crippen LogP contribution is 2.07. The number of alkyl carbamates (subject to hydrolysis) is 1. The van der Waals surface area contributed by atoms with E-state index in [4.69, 9.17) is 4.74 Å². The molecule has 0 unspecified atom stereocenters. The van der Waals surface area contributed by atoms with Gasteiger partial charge in [0.15, 0.2) is 0 Å². The third kappa shape index (κ3) is 11.3. The molecule has 6 heteroatoms. The number of ether oxygens (including phenoxy) is 1. The van der Waals surface area contributed by atoms with E-state index in [2.05, 4.69) is 22.3 Å². The second-order valence-electron chi connectivity index (χ2n) is 6.60. The van der Waals surface area contributed by atoms with Gasteiger partial charge in [-0.2, -0.15) is 0 Å². The number of nitrogens with zero attached hydrogens (tertiary/aromatic N) is 2. The summed E-state index contributed by atoms with van der Waals surface area (Å²) in [7, 11) is 5.75. The van der Waals surface area contributed by atoms with Crippen LogP contribution in [0.15, 0.2) is 30.3 Å². The van der Waals surface area contributed by atoms with Gasteiger partial charge in [-0.05, 0) is 32.9 Å². The van der Waals surface area contributed by atoms with Crippen LogP contribution in [0.25, 0.3) is 0 Å². The van der Waals surface area contributed by atoms with Crippen LogP contribution in [0, 0.1) is 0 Å². The van der Waals surface area contributed by atoms with Crippen LogP contribution < -0.4 is 10.2 Å². The second-order valence-corrected chi connectivity index (χ2v) is 6.60. The Balaban J connectivity index is 0.000000496. The number of amides is 2. The van der Waals surface area contributed by atoms with E-state index in [0.29, 0.717) is 13.1 Å². The largest absolute Gasteiger partial charge is 0.444 e. The first-order chi connectivity index (χ1) is 11.0. The van der Waals surface area contributed by atoms with Crippen molar-refractivity contribution in [3.05, 3.63) is 30.3 Å². The average Bonchev–Trinajstić information content (AvgIpc) is 2.46. The van der Waals surface area contributed by atoms with Crippen LogP contribution >= 0.6 is 0 Å². The number of likely N-dealkylation sites (N-methyl/N-ethyl adjacent to an activating group) is 1. The molecule has 24 heavy (non-hydrogen) atoms. The van der Waals surface area contributed by atoms with Crippen LogP contribution in [-0.4, -0.2) is 56.7 Å². The lowest BCUT2D eigenvalue weighted by Crippen LogP contribution is -2.38. The highest BCUT2D eigenvalue weighted by atomic mass is 16.6. The van der Waals surface area contributed by atoms with Crippen LogP contribution in [-0.2, 0) is 9.53 Å². The van der Waals surface area contributed by atoms with Crippen LogP contribution in [0.4, 0.5) is 10.5 Å². The molecule has 0 radical (unpaired) electrons. The lowest BCUT2D eigenvalue weighted by molar-refractivity contribution is -0.127. The first kappa shape index (κ1) is 21.8. The monoisotopic (exact) mass is 337 g/mol. The Morgan fingerprint density at radius 1 is 1.08 bits per heavy atom. The minimum absolute atomic E-state index is 0.0269. The predicted octanol–water partition coefficient (Wildman–Crippen LogP) is 2.74. The minimum atomic E-state index is -0.490. The number of para-hydroxylation sites is 1. The lowest BCUT2D eigenvalue weighted by atomic mass is 10.2. The number of carbonyl (C=O) groups excluding carboxylic acids is 2. The molecule has 0 spiro atoms. The third-order valence-electron chi connectivity index (χ3n) is 2.93. The molecule has 2 amide bonds. The molecule has 0 bridgehead atoms. The first-order valence-electron chi connectivity index (χ1n) is 7.94. The van der Waals surface area contributed by atoms with Gasteiger partial charge in [0.25, 0.3) is 0 Å². The van der Waals surface area contributed by atoms with E-state index in [0.717, 1.165) is 0 Å². The standard InChI is InChI=1S/C10H20N2O3.C8H11N/c1-8(13)12(5)7-6-11-9(14)15-10(2,3)4;1-9(2)8-6-4-3-5-7-8/h6-7H2,1-5H3,(H,11,14);3-7H,1-2H3. The Hall–Kier alpha value is -2.24. The number of hydrogen-bond donors (Lipinski definition) is 1. The summed E-state index contributed by atoms with van der Waals surface area (Å²) in [4.78, 5) is 25.6. The summed E-state index contributed by atoms with van der Waals surface area (Å²) in [6.45, 7) is 7.75. The molecule has 1 aromatic rings. The van der Waals surface area contributed by atoms with Crippen molar-refractivity contribution in [3.63, 3.8) is 0 Å². The highest BCUT2D eigenvalue weighted by Gasteiger charge is 2.15. The number of hydrogen-bond acceptors (Lipinski definition) is 4. The van der Waals surface area contributed by atoms with Crippen molar-refractivity contribution >= 4 is 17.7 Å². The smallest absolute Gasteiger partial charge is 0.407 e. The molecule has 1 N–H and O–H groups in total. The van der Waals surface area contributed by atoms with E-state index in [9.17, 15) is 9.59 Å². The zero-order valence-corrected chi connectivity index (χ0v) is 15.9. The molecule has 0 saturated carbocycles. The summed E-state index contributed by atoms with van der Waals surface area (Å²) in [5, 5.41) is 2.57. The van der Waals surface area contributed by atoms with Crippen molar-refractivity contribution in [2.75, 3.05) is 39.1 Å². The quantitative estimate of drug-likeness (QED) is 0.918. The van der Waals surface area contributed by atoms with Gasteiger partial charge in [-0.1, -0.05) is 18.2 Å². The van der Waals surface area contributed by atoms with Crippen LogP contribution in [0.3, 0.4) is 0 Å². The zero-order valence-electron chi connectivity index (χ0n) is 15.9. The highest BCUT2D eigenvalue weighted by molar-refractivity contribution is 5.73. The molecule has 6 nitrogen and oxygen atoms in total. The Morgan fingerprint density at radius 3 is 2.00 bits per heavy atom. The van der Waals surface area contributed by atoms with E-state index in [-0.39, 0.29) is 5.91 Å². The van der Waals surface area contributed by atoms with Gasteiger partial charge in [0.2, 0.25) is 5.91 Å². The topological polar surface area (TPSA) is 61.9 Å². The molecular formula is C18H31N3O3. The summed E-state index contributed by atoms with van der Waals surface area (Å²) in [5.74, 6) is -0.0269. The fraction of sp³-hybridized carbons (Fsp3) is 0.556. The van der Waals surface area contributed by atoms with Crippen molar-refractivity contribution in [1.29, 1.82) is 0 Å². The summed E-state index contributed by atoms with van der Waals surface area (Å²) < 4.78 is 5.03. The lowest BCUT2D eigenvalue weighted by Gasteiger charge is -2.20. The maximum Gasteiger partial charge on any atom is 0.407 e. The van der Waals surface area contributed by atoms with Crippen LogP contribution in [0.2, 0.25) is 0 Å². The molecule has 0 aliphatic carbocycles. The van der Waals surface area contributed by atoms with Gasteiger partial charge in [0.1, 0.15) is 5.60 Å². The number of carbonyl (C=O) groups is 2. The predicted molar refractivity (Wildman–Crippen MR) is 98.3 cm³/mol. The normalized spacial score (nSPS) is 10.1. The number of nitrogens with one attached hydrogen (secondary N) is 1. The summed E-state index contributed by atoms with van der Waals surface area (Å²) in [5.41, 5.74) is 0.758. The van der Waals surface area contributed by atoms with Crippen molar-refractivity contribution < 1.29 is 14.3 Å².